The first-order valence-electron chi connectivity index (χ1n) is 7.03. The van der Waals surface area contributed by atoms with Gasteiger partial charge in [-0.3, -0.25) is 9.69 Å². The van der Waals surface area contributed by atoms with Crippen molar-refractivity contribution in [3.05, 3.63) is 35.6 Å². The Morgan fingerprint density at radius 3 is 2.48 bits per heavy atom. The van der Waals surface area contributed by atoms with Gasteiger partial charge in [-0.25, -0.2) is 9.18 Å². The summed E-state index contributed by atoms with van der Waals surface area (Å²) in [6.45, 7) is 4.70. The van der Waals surface area contributed by atoms with E-state index >= 15 is 0 Å². The lowest BCUT2D eigenvalue weighted by molar-refractivity contribution is -0.132. The second kappa shape index (κ2) is 6.22. The Bertz CT molecular complexity index is 532. The van der Waals surface area contributed by atoms with Crippen LogP contribution in [0.2, 0.25) is 0 Å². The zero-order chi connectivity index (χ0) is 15.5. The molecular weight excluding hydrogens is 275 g/mol. The highest BCUT2D eigenvalue weighted by Gasteiger charge is 2.50. The van der Waals surface area contributed by atoms with Gasteiger partial charge in [-0.15, -0.1) is 0 Å². The van der Waals surface area contributed by atoms with Crippen LogP contribution >= 0.6 is 0 Å². The fourth-order valence-corrected chi connectivity index (χ4v) is 2.50. The van der Waals surface area contributed by atoms with Crippen molar-refractivity contribution >= 4 is 11.9 Å². The molecule has 0 aromatic heterocycles. The number of hydrogen-bond donors (Lipinski definition) is 1. The van der Waals surface area contributed by atoms with E-state index in [1.54, 1.807) is 0 Å². The van der Waals surface area contributed by atoms with Crippen LogP contribution in [0.4, 0.5) is 9.18 Å². The van der Waals surface area contributed by atoms with E-state index in [1.807, 2.05) is 13.8 Å². The van der Waals surface area contributed by atoms with Crippen molar-refractivity contribution in [1.29, 1.82) is 0 Å². The summed E-state index contributed by atoms with van der Waals surface area (Å²) in [5.41, 5.74) is -0.527. The van der Waals surface area contributed by atoms with Gasteiger partial charge >= 0.3 is 6.03 Å². The lowest BCUT2D eigenvalue weighted by Gasteiger charge is -2.25. The third-order valence-electron chi connectivity index (χ3n) is 3.71. The molecule has 1 N–H and O–H groups in total. The summed E-state index contributed by atoms with van der Waals surface area (Å²) in [6.07, 6.45) is 0.397. The normalized spacial score (nSPS) is 21.8. The summed E-state index contributed by atoms with van der Waals surface area (Å²) in [6, 6.07) is 5.20. The number of urea groups is 1. The summed E-state index contributed by atoms with van der Waals surface area (Å²) in [5.74, 6) is -0.698. The molecule has 1 atom stereocenters. The maximum atomic E-state index is 13.1. The molecule has 1 aromatic rings. The molecule has 1 heterocycles. The molecular formula is C15H19FN2O3. The highest BCUT2D eigenvalue weighted by Crippen LogP contribution is 2.32. The van der Waals surface area contributed by atoms with Crippen molar-refractivity contribution in [3.63, 3.8) is 0 Å². The number of benzene rings is 1. The number of nitrogens with zero attached hydrogens (tertiary/aromatic N) is 1. The first-order valence-corrected chi connectivity index (χ1v) is 7.03. The van der Waals surface area contributed by atoms with Gasteiger partial charge in [0.05, 0.1) is 13.2 Å². The van der Waals surface area contributed by atoms with E-state index in [4.69, 9.17) is 4.74 Å². The molecule has 21 heavy (non-hydrogen) atoms. The molecule has 1 saturated heterocycles. The van der Waals surface area contributed by atoms with Crippen LogP contribution in [0, 0.1) is 5.82 Å². The van der Waals surface area contributed by atoms with Gasteiger partial charge in [0.25, 0.3) is 5.91 Å². The Hall–Kier alpha value is -1.95. The molecule has 1 aliphatic heterocycles. The van der Waals surface area contributed by atoms with Crippen LogP contribution in [-0.4, -0.2) is 36.6 Å². The molecule has 0 spiro atoms. The molecule has 0 radical (unpaired) electrons. The minimum Gasteiger partial charge on any atom is -0.380 e. The van der Waals surface area contributed by atoms with Crippen LogP contribution in [0.3, 0.4) is 0 Å². The monoisotopic (exact) mass is 294 g/mol. The van der Waals surface area contributed by atoms with Gasteiger partial charge < -0.3 is 10.1 Å². The Labute approximate surface area is 123 Å². The molecule has 0 unspecified atom stereocenters. The quantitative estimate of drug-likeness (QED) is 0.645. The smallest absolute Gasteiger partial charge is 0.325 e. The molecule has 1 aromatic carbocycles. The van der Waals surface area contributed by atoms with Crippen molar-refractivity contribution in [2.24, 2.45) is 0 Å². The van der Waals surface area contributed by atoms with Gasteiger partial charge in [-0.1, -0.05) is 19.1 Å². The van der Waals surface area contributed by atoms with Crippen molar-refractivity contribution in [1.82, 2.24) is 10.2 Å². The highest BCUT2D eigenvalue weighted by molar-refractivity contribution is 6.07. The van der Waals surface area contributed by atoms with E-state index in [2.05, 4.69) is 5.32 Å². The van der Waals surface area contributed by atoms with Crippen molar-refractivity contribution < 1.29 is 18.7 Å². The minimum absolute atomic E-state index is 0.210. The molecule has 5 nitrogen and oxygen atoms in total. The summed E-state index contributed by atoms with van der Waals surface area (Å²) >= 11 is 0. The fraction of sp³-hybridized carbons (Fsp3) is 0.467. The number of imide groups is 1. The lowest BCUT2D eigenvalue weighted by atomic mass is 9.87. The number of amides is 3. The fourth-order valence-electron chi connectivity index (χ4n) is 2.50. The van der Waals surface area contributed by atoms with Crippen LogP contribution in [0.5, 0.6) is 0 Å². The predicted octanol–water partition coefficient (Wildman–Crippen LogP) is 2.02. The van der Waals surface area contributed by atoms with Crippen LogP contribution < -0.4 is 5.32 Å². The van der Waals surface area contributed by atoms with E-state index in [1.165, 1.54) is 24.3 Å². The number of nitrogens with one attached hydrogen (secondary N) is 1. The number of halogens is 1. The number of hydrogen-bond acceptors (Lipinski definition) is 3. The van der Waals surface area contributed by atoms with Gasteiger partial charge in [-0.05, 0) is 31.0 Å². The summed E-state index contributed by atoms with van der Waals surface area (Å²) in [5, 5.41) is 2.74. The maximum absolute atomic E-state index is 13.1. The second-order valence-corrected chi connectivity index (χ2v) is 4.85. The maximum Gasteiger partial charge on any atom is 0.325 e. The largest absolute Gasteiger partial charge is 0.380 e. The number of rotatable bonds is 6. The van der Waals surface area contributed by atoms with E-state index in [0.29, 0.717) is 25.2 Å². The van der Waals surface area contributed by atoms with E-state index < -0.39 is 11.6 Å². The Morgan fingerprint density at radius 2 is 1.90 bits per heavy atom. The first-order chi connectivity index (χ1) is 10.0. The van der Waals surface area contributed by atoms with Crippen LogP contribution in [-0.2, 0) is 15.1 Å². The average Bonchev–Trinajstić information content (AvgIpc) is 2.73. The van der Waals surface area contributed by atoms with Gasteiger partial charge in [-0.2, -0.15) is 0 Å². The number of ether oxygens (including phenoxy) is 1. The highest BCUT2D eigenvalue weighted by atomic mass is 19.1. The van der Waals surface area contributed by atoms with E-state index in [-0.39, 0.29) is 18.3 Å². The SMILES string of the molecule is CCOCCN1C(=O)N[C@@](CC)(c2ccc(F)cc2)C1=O. The van der Waals surface area contributed by atoms with Crippen molar-refractivity contribution in [3.8, 4) is 0 Å². The number of carbonyl (C=O) groups excluding carboxylic acids is 2. The Morgan fingerprint density at radius 1 is 1.24 bits per heavy atom. The zero-order valence-corrected chi connectivity index (χ0v) is 12.2. The van der Waals surface area contributed by atoms with Crippen LogP contribution in [0.15, 0.2) is 24.3 Å². The summed E-state index contributed by atoms with van der Waals surface area (Å²) < 4.78 is 18.3. The molecule has 1 aliphatic rings. The minimum atomic E-state index is -1.11. The third-order valence-corrected chi connectivity index (χ3v) is 3.71. The van der Waals surface area contributed by atoms with Crippen LogP contribution in [0.1, 0.15) is 25.8 Å². The Kier molecular flexibility index (Phi) is 4.57. The van der Waals surface area contributed by atoms with Gasteiger partial charge in [0.1, 0.15) is 11.4 Å². The topological polar surface area (TPSA) is 58.6 Å². The second-order valence-electron chi connectivity index (χ2n) is 4.85. The first kappa shape index (κ1) is 15.4. The lowest BCUT2D eigenvalue weighted by Crippen LogP contribution is -2.43. The average molecular weight is 294 g/mol. The molecule has 0 aliphatic carbocycles. The zero-order valence-electron chi connectivity index (χ0n) is 12.2. The molecule has 0 saturated carbocycles. The molecule has 0 bridgehead atoms. The van der Waals surface area contributed by atoms with E-state index in [0.717, 1.165) is 4.90 Å². The number of carbonyl (C=O) groups is 2. The molecule has 6 heteroatoms. The predicted molar refractivity (Wildman–Crippen MR) is 75.1 cm³/mol. The van der Waals surface area contributed by atoms with Gasteiger partial charge in [0, 0.05) is 6.61 Å². The summed E-state index contributed by atoms with van der Waals surface area (Å²) in [7, 11) is 0. The van der Waals surface area contributed by atoms with Crippen molar-refractivity contribution in [2.45, 2.75) is 25.8 Å². The van der Waals surface area contributed by atoms with Crippen molar-refractivity contribution in [2.75, 3.05) is 19.8 Å². The molecule has 3 amide bonds. The molecule has 1 fully saturated rings. The van der Waals surface area contributed by atoms with Gasteiger partial charge in [0.2, 0.25) is 0 Å². The summed E-state index contributed by atoms with van der Waals surface area (Å²) in [4.78, 5) is 25.9. The van der Waals surface area contributed by atoms with Gasteiger partial charge in [0.15, 0.2) is 0 Å². The molecule has 2 rings (SSSR count). The van der Waals surface area contributed by atoms with E-state index in [9.17, 15) is 14.0 Å². The standard InChI is InChI=1S/C15H19FN2O3/c1-3-15(11-5-7-12(16)8-6-11)13(19)18(14(20)17-15)9-10-21-4-2/h5-8H,3-4,9-10H2,1-2H3,(H,17,20)/t15-/m0/s1. The molecule has 114 valence electrons. The third kappa shape index (κ3) is 2.76. The van der Waals surface area contributed by atoms with Crippen LogP contribution in [0.25, 0.3) is 0 Å². The Balaban J connectivity index is 2.26.